The summed E-state index contributed by atoms with van der Waals surface area (Å²) in [6.45, 7) is 1.60. The van der Waals surface area contributed by atoms with E-state index in [0.717, 1.165) is 32.0 Å². The monoisotopic (exact) mass is 294 g/mol. The van der Waals surface area contributed by atoms with Gasteiger partial charge in [-0.15, -0.1) is 12.4 Å². The lowest BCUT2D eigenvalue weighted by Crippen LogP contribution is -2.42. The van der Waals surface area contributed by atoms with Crippen LogP contribution in [0.1, 0.15) is 12.8 Å². The third kappa shape index (κ3) is 3.91. The van der Waals surface area contributed by atoms with E-state index >= 15 is 0 Å². The van der Waals surface area contributed by atoms with E-state index in [1.807, 2.05) is 0 Å². The van der Waals surface area contributed by atoms with Gasteiger partial charge >= 0.3 is 0 Å². The van der Waals surface area contributed by atoms with Crippen LogP contribution in [0.15, 0.2) is 29.2 Å². The standard InChI is InChI=1S/C11H15FN2O2S.ClH/c12-9-2-1-3-11(8-9)17(15,16)14-10-4-6-13-7-5-10;/h1-3,8,10,13-14H,4-7H2;1H. The lowest BCUT2D eigenvalue weighted by molar-refractivity contribution is 0.427. The molecule has 0 spiro atoms. The molecule has 0 aromatic heterocycles. The number of sulfonamides is 1. The smallest absolute Gasteiger partial charge is 0.240 e. The lowest BCUT2D eigenvalue weighted by Gasteiger charge is -2.23. The van der Waals surface area contributed by atoms with Gasteiger partial charge in [0.1, 0.15) is 5.82 Å². The predicted octanol–water partition coefficient (Wildman–Crippen LogP) is 1.28. The highest BCUT2D eigenvalue weighted by Crippen LogP contribution is 2.13. The summed E-state index contributed by atoms with van der Waals surface area (Å²) < 4.78 is 39.5. The molecule has 7 heteroatoms. The highest BCUT2D eigenvalue weighted by molar-refractivity contribution is 7.89. The van der Waals surface area contributed by atoms with Crippen LogP contribution in [0.4, 0.5) is 4.39 Å². The Balaban J connectivity index is 0.00000162. The molecule has 1 heterocycles. The van der Waals surface area contributed by atoms with Crippen molar-refractivity contribution >= 4 is 22.4 Å². The Kier molecular flexibility index (Phi) is 5.52. The van der Waals surface area contributed by atoms with Crippen molar-refractivity contribution in [2.45, 2.75) is 23.8 Å². The second kappa shape index (κ2) is 6.47. The molecular formula is C11H16ClFN2O2S. The zero-order chi connectivity index (χ0) is 12.3. The van der Waals surface area contributed by atoms with Crippen molar-refractivity contribution in [3.8, 4) is 0 Å². The van der Waals surface area contributed by atoms with E-state index in [0.29, 0.717) is 0 Å². The van der Waals surface area contributed by atoms with Gasteiger partial charge in [-0.3, -0.25) is 0 Å². The zero-order valence-electron chi connectivity index (χ0n) is 9.73. The normalized spacial score (nSPS) is 17.2. The number of rotatable bonds is 3. The fourth-order valence-corrected chi connectivity index (χ4v) is 3.20. The van der Waals surface area contributed by atoms with Crippen molar-refractivity contribution in [3.05, 3.63) is 30.1 Å². The first-order valence-electron chi connectivity index (χ1n) is 5.56. The van der Waals surface area contributed by atoms with Crippen LogP contribution in [-0.2, 0) is 10.0 Å². The first-order chi connectivity index (χ1) is 8.08. The predicted molar refractivity (Wildman–Crippen MR) is 69.9 cm³/mol. The third-order valence-electron chi connectivity index (χ3n) is 2.77. The van der Waals surface area contributed by atoms with Crippen LogP contribution in [-0.4, -0.2) is 27.5 Å². The van der Waals surface area contributed by atoms with Crippen LogP contribution in [0, 0.1) is 5.82 Å². The van der Waals surface area contributed by atoms with E-state index < -0.39 is 15.8 Å². The first-order valence-corrected chi connectivity index (χ1v) is 7.05. The summed E-state index contributed by atoms with van der Waals surface area (Å²) in [6.07, 6.45) is 1.52. The summed E-state index contributed by atoms with van der Waals surface area (Å²) in [7, 11) is -3.60. The number of hydrogen-bond acceptors (Lipinski definition) is 3. The van der Waals surface area contributed by atoms with E-state index in [9.17, 15) is 12.8 Å². The molecule has 1 fully saturated rings. The zero-order valence-corrected chi connectivity index (χ0v) is 11.4. The topological polar surface area (TPSA) is 58.2 Å². The molecule has 0 radical (unpaired) electrons. The van der Waals surface area contributed by atoms with Gasteiger partial charge in [-0.2, -0.15) is 0 Å². The van der Waals surface area contributed by atoms with E-state index in [1.54, 1.807) is 0 Å². The summed E-state index contributed by atoms with van der Waals surface area (Å²) in [5.41, 5.74) is 0. The Bertz CT molecular complexity index is 490. The Morgan fingerprint density at radius 2 is 1.94 bits per heavy atom. The SMILES string of the molecule is Cl.O=S(=O)(NC1CCNCC1)c1cccc(F)c1. The van der Waals surface area contributed by atoms with Crippen molar-refractivity contribution < 1.29 is 12.8 Å². The maximum atomic E-state index is 13.0. The fourth-order valence-electron chi connectivity index (χ4n) is 1.86. The van der Waals surface area contributed by atoms with Gasteiger partial charge in [0.05, 0.1) is 4.90 Å². The van der Waals surface area contributed by atoms with E-state index in [1.165, 1.54) is 18.2 Å². The molecule has 1 saturated heterocycles. The van der Waals surface area contributed by atoms with Gasteiger partial charge in [0.25, 0.3) is 0 Å². The second-order valence-corrected chi connectivity index (χ2v) is 5.82. The minimum absolute atomic E-state index is 0. The van der Waals surface area contributed by atoms with Gasteiger partial charge in [-0.05, 0) is 44.1 Å². The van der Waals surface area contributed by atoms with Gasteiger partial charge in [0.15, 0.2) is 0 Å². The highest BCUT2D eigenvalue weighted by Gasteiger charge is 2.21. The van der Waals surface area contributed by atoms with Gasteiger partial charge < -0.3 is 5.32 Å². The summed E-state index contributed by atoms with van der Waals surface area (Å²) in [6, 6.07) is 4.98. The van der Waals surface area contributed by atoms with Gasteiger partial charge in [0, 0.05) is 6.04 Å². The average molecular weight is 295 g/mol. The molecule has 0 unspecified atom stereocenters. The fraction of sp³-hybridized carbons (Fsp3) is 0.455. The molecule has 2 rings (SSSR count). The Labute approximate surface area is 112 Å². The first kappa shape index (κ1) is 15.4. The molecule has 4 nitrogen and oxygen atoms in total. The van der Waals surface area contributed by atoms with Crippen molar-refractivity contribution in [2.75, 3.05) is 13.1 Å². The Hall–Kier alpha value is -0.690. The number of benzene rings is 1. The van der Waals surface area contributed by atoms with Gasteiger partial charge in [-0.25, -0.2) is 17.5 Å². The molecule has 1 aromatic rings. The molecule has 2 N–H and O–H groups in total. The average Bonchev–Trinajstić information content (AvgIpc) is 2.30. The molecule has 0 atom stereocenters. The molecular weight excluding hydrogens is 279 g/mol. The number of nitrogens with one attached hydrogen (secondary N) is 2. The van der Waals surface area contributed by atoms with Crippen LogP contribution in [0.2, 0.25) is 0 Å². The maximum Gasteiger partial charge on any atom is 0.240 e. The number of halogens is 2. The summed E-state index contributed by atoms with van der Waals surface area (Å²) in [5, 5.41) is 3.15. The minimum Gasteiger partial charge on any atom is -0.317 e. The quantitative estimate of drug-likeness (QED) is 0.883. The van der Waals surface area contributed by atoms with Crippen LogP contribution in [0.25, 0.3) is 0 Å². The molecule has 0 aliphatic carbocycles. The van der Waals surface area contributed by atoms with Crippen molar-refractivity contribution in [1.82, 2.24) is 10.0 Å². The molecule has 18 heavy (non-hydrogen) atoms. The van der Waals surface area contributed by atoms with E-state index in [4.69, 9.17) is 0 Å². The Morgan fingerprint density at radius 1 is 1.28 bits per heavy atom. The summed E-state index contributed by atoms with van der Waals surface area (Å²) in [4.78, 5) is -0.0176. The van der Waals surface area contributed by atoms with E-state index in [2.05, 4.69) is 10.0 Å². The van der Waals surface area contributed by atoms with Crippen molar-refractivity contribution in [1.29, 1.82) is 0 Å². The van der Waals surface area contributed by atoms with Crippen LogP contribution in [0.3, 0.4) is 0 Å². The lowest BCUT2D eigenvalue weighted by atomic mass is 10.1. The van der Waals surface area contributed by atoms with Crippen LogP contribution >= 0.6 is 12.4 Å². The maximum absolute atomic E-state index is 13.0. The molecule has 0 amide bonds. The van der Waals surface area contributed by atoms with Crippen LogP contribution < -0.4 is 10.0 Å². The molecule has 0 bridgehead atoms. The number of hydrogen-bond donors (Lipinski definition) is 2. The van der Waals surface area contributed by atoms with E-state index in [-0.39, 0.29) is 23.3 Å². The largest absolute Gasteiger partial charge is 0.317 e. The summed E-state index contributed by atoms with van der Waals surface area (Å²) in [5.74, 6) is -0.543. The molecule has 0 saturated carbocycles. The Morgan fingerprint density at radius 3 is 2.56 bits per heavy atom. The number of piperidine rings is 1. The second-order valence-electron chi connectivity index (χ2n) is 4.10. The molecule has 1 aliphatic heterocycles. The van der Waals surface area contributed by atoms with Gasteiger partial charge in [-0.1, -0.05) is 6.07 Å². The van der Waals surface area contributed by atoms with Gasteiger partial charge in [0.2, 0.25) is 10.0 Å². The summed E-state index contributed by atoms with van der Waals surface area (Å²) >= 11 is 0. The minimum atomic E-state index is -3.60. The molecule has 102 valence electrons. The van der Waals surface area contributed by atoms with Crippen molar-refractivity contribution in [2.24, 2.45) is 0 Å². The molecule has 1 aliphatic rings. The third-order valence-corrected chi connectivity index (χ3v) is 4.29. The van der Waals surface area contributed by atoms with Crippen LogP contribution in [0.5, 0.6) is 0 Å². The highest BCUT2D eigenvalue weighted by atomic mass is 35.5. The molecule has 1 aromatic carbocycles. The van der Waals surface area contributed by atoms with Crippen molar-refractivity contribution in [3.63, 3.8) is 0 Å².